The lowest BCUT2D eigenvalue weighted by molar-refractivity contribution is -0.155. The van der Waals surface area contributed by atoms with E-state index in [2.05, 4.69) is 20.8 Å². The van der Waals surface area contributed by atoms with E-state index in [9.17, 15) is 9.90 Å². The molecule has 0 spiro atoms. The first-order valence-electron chi connectivity index (χ1n) is 6.01. The molecule has 2 rings (SSSR count). The number of rotatable bonds is 0. The Balaban J connectivity index is 2.35. The minimum absolute atomic E-state index is 0.0509. The second-order valence-corrected chi connectivity index (χ2v) is 6.68. The van der Waals surface area contributed by atoms with Gasteiger partial charge >= 0.3 is 0 Å². The highest BCUT2D eigenvalue weighted by Crippen LogP contribution is 2.58. The standard InChI is InChI=1S/C13H22O2/c1-11(2,3)12-5-4-6-13(15,9-12)8-10(14)7-12/h15H,4-9H2,1-3H3/t12-,13+/m0/s1. The van der Waals surface area contributed by atoms with Crippen molar-refractivity contribution in [1.29, 1.82) is 0 Å². The Kier molecular flexibility index (Phi) is 2.27. The van der Waals surface area contributed by atoms with Crippen molar-refractivity contribution in [2.45, 2.75) is 64.9 Å². The molecule has 0 aromatic rings. The summed E-state index contributed by atoms with van der Waals surface area (Å²) in [6.45, 7) is 6.62. The van der Waals surface area contributed by atoms with Gasteiger partial charge in [0, 0.05) is 12.8 Å². The number of hydrogen-bond acceptors (Lipinski definition) is 2. The maximum atomic E-state index is 11.8. The first-order valence-corrected chi connectivity index (χ1v) is 6.01. The second-order valence-electron chi connectivity index (χ2n) is 6.68. The molecule has 0 saturated heterocycles. The van der Waals surface area contributed by atoms with Gasteiger partial charge in [-0.1, -0.05) is 20.8 Å². The van der Waals surface area contributed by atoms with Crippen molar-refractivity contribution in [3.8, 4) is 0 Å². The summed E-state index contributed by atoms with van der Waals surface area (Å²) in [5.41, 5.74) is -0.506. The molecular formula is C13H22O2. The molecular weight excluding hydrogens is 188 g/mol. The maximum absolute atomic E-state index is 11.8. The third kappa shape index (κ3) is 1.73. The normalized spacial score (nSPS) is 41.7. The highest BCUT2D eigenvalue weighted by atomic mass is 16.3. The zero-order valence-corrected chi connectivity index (χ0v) is 10.1. The van der Waals surface area contributed by atoms with Gasteiger partial charge in [-0.05, 0) is 36.5 Å². The number of ketones is 1. The number of hydrogen-bond donors (Lipinski definition) is 1. The predicted molar refractivity (Wildman–Crippen MR) is 59.5 cm³/mol. The summed E-state index contributed by atoms with van der Waals surface area (Å²) >= 11 is 0. The van der Waals surface area contributed by atoms with E-state index in [-0.39, 0.29) is 16.6 Å². The Morgan fingerprint density at radius 1 is 1.20 bits per heavy atom. The largest absolute Gasteiger partial charge is 0.389 e. The molecule has 0 aromatic carbocycles. The van der Waals surface area contributed by atoms with E-state index in [1.54, 1.807) is 0 Å². The Morgan fingerprint density at radius 3 is 2.47 bits per heavy atom. The summed E-state index contributed by atoms with van der Waals surface area (Å²) < 4.78 is 0. The fraction of sp³-hybridized carbons (Fsp3) is 0.923. The van der Waals surface area contributed by atoms with Crippen LogP contribution in [-0.2, 0) is 4.79 Å². The molecule has 0 unspecified atom stereocenters. The first kappa shape index (κ1) is 11.1. The Labute approximate surface area is 92.1 Å². The lowest BCUT2D eigenvalue weighted by atomic mass is 9.50. The van der Waals surface area contributed by atoms with E-state index in [1.165, 1.54) is 0 Å². The van der Waals surface area contributed by atoms with Gasteiger partial charge in [0.1, 0.15) is 5.78 Å². The highest BCUT2D eigenvalue weighted by molar-refractivity contribution is 5.81. The molecule has 2 heteroatoms. The third-order valence-corrected chi connectivity index (χ3v) is 4.62. The minimum Gasteiger partial charge on any atom is -0.389 e. The van der Waals surface area contributed by atoms with Gasteiger partial charge in [-0.3, -0.25) is 4.79 Å². The quantitative estimate of drug-likeness (QED) is 0.667. The fourth-order valence-electron chi connectivity index (χ4n) is 3.58. The van der Waals surface area contributed by atoms with Crippen molar-refractivity contribution < 1.29 is 9.90 Å². The highest BCUT2D eigenvalue weighted by Gasteiger charge is 2.54. The van der Waals surface area contributed by atoms with Crippen LogP contribution in [0.3, 0.4) is 0 Å². The fourth-order valence-corrected chi connectivity index (χ4v) is 3.58. The average Bonchev–Trinajstić information content (AvgIpc) is 1.98. The molecule has 0 aliphatic heterocycles. The van der Waals surface area contributed by atoms with Gasteiger partial charge < -0.3 is 5.11 Å². The molecule has 2 bridgehead atoms. The molecule has 2 fully saturated rings. The van der Waals surface area contributed by atoms with Gasteiger partial charge in [-0.2, -0.15) is 0 Å². The number of carbonyl (C=O) groups excluding carboxylic acids is 1. The van der Waals surface area contributed by atoms with E-state index in [1.807, 2.05) is 0 Å². The lowest BCUT2D eigenvalue weighted by Crippen LogP contribution is -2.53. The van der Waals surface area contributed by atoms with Crippen molar-refractivity contribution in [3.63, 3.8) is 0 Å². The van der Waals surface area contributed by atoms with Crippen molar-refractivity contribution in [2.75, 3.05) is 0 Å². The summed E-state index contributed by atoms with van der Waals surface area (Å²) in [5, 5.41) is 10.4. The number of fused-ring (bicyclic) bond motifs is 2. The number of carbonyl (C=O) groups is 1. The van der Waals surface area contributed by atoms with Crippen molar-refractivity contribution >= 4 is 5.78 Å². The van der Waals surface area contributed by atoms with Crippen LogP contribution in [0, 0.1) is 10.8 Å². The Hall–Kier alpha value is -0.370. The Morgan fingerprint density at radius 2 is 1.87 bits per heavy atom. The van der Waals surface area contributed by atoms with Crippen LogP contribution in [-0.4, -0.2) is 16.5 Å². The van der Waals surface area contributed by atoms with Crippen LogP contribution in [0.2, 0.25) is 0 Å². The van der Waals surface area contributed by atoms with E-state index >= 15 is 0 Å². The van der Waals surface area contributed by atoms with Crippen LogP contribution >= 0.6 is 0 Å². The minimum atomic E-state index is -0.680. The zero-order valence-electron chi connectivity index (χ0n) is 10.1. The maximum Gasteiger partial charge on any atom is 0.136 e. The van der Waals surface area contributed by atoms with Crippen LogP contribution in [0.4, 0.5) is 0 Å². The van der Waals surface area contributed by atoms with Gasteiger partial charge in [0.15, 0.2) is 0 Å². The third-order valence-electron chi connectivity index (χ3n) is 4.62. The van der Waals surface area contributed by atoms with Crippen LogP contribution < -0.4 is 0 Å². The predicted octanol–water partition coefficient (Wildman–Crippen LogP) is 2.69. The van der Waals surface area contributed by atoms with Crippen LogP contribution in [0.5, 0.6) is 0 Å². The van der Waals surface area contributed by atoms with Gasteiger partial charge in [-0.15, -0.1) is 0 Å². The first-order chi connectivity index (χ1) is 6.77. The number of Topliss-reactive ketones (excluding diaryl/α,β-unsaturated/α-hetero) is 1. The number of aliphatic hydroxyl groups is 1. The molecule has 2 atom stereocenters. The second kappa shape index (κ2) is 3.07. The molecule has 2 aliphatic carbocycles. The molecule has 15 heavy (non-hydrogen) atoms. The molecule has 2 aliphatic rings. The van der Waals surface area contributed by atoms with E-state index in [0.717, 1.165) is 25.7 Å². The summed E-state index contributed by atoms with van der Waals surface area (Å²) in [4.78, 5) is 11.8. The van der Waals surface area contributed by atoms with E-state index in [0.29, 0.717) is 12.8 Å². The van der Waals surface area contributed by atoms with Gasteiger partial charge in [-0.25, -0.2) is 0 Å². The molecule has 0 amide bonds. The summed E-state index contributed by atoms with van der Waals surface area (Å²) in [6, 6.07) is 0. The zero-order chi connectivity index (χ0) is 11.3. The van der Waals surface area contributed by atoms with Crippen molar-refractivity contribution in [1.82, 2.24) is 0 Å². The smallest absolute Gasteiger partial charge is 0.136 e. The molecule has 0 radical (unpaired) electrons. The molecule has 1 N–H and O–H groups in total. The van der Waals surface area contributed by atoms with Crippen molar-refractivity contribution in [2.24, 2.45) is 10.8 Å². The van der Waals surface area contributed by atoms with Crippen LogP contribution in [0.15, 0.2) is 0 Å². The average molecular weight is 210 g/mol. The molecule has 0 aromatic heterocycles. The summed E-state index contributed by atoms with van der Waals surface area (Å²) in [5.74, 6) is 0.262. The molecule has 2 nitrogen and oxygen atoms in total. The van der Waals surface area contributed by atoms with Gasteiger partial charge in [0.25, 0.3) is 0 Å². The lowest BCUT2D eigenvalue weighted by Gasteiger charge is -2.55. The summed E-state index contributed by atoms with van der Waals surface area (Å²) in [6.07, 6.45) is 4.89. The van der Waals surface area contributed by atoms with Crippen molar-refractivity contribution in [3.05, 3.63) is 0 Å². The topological polar surface area (TPSA) is 37.3 Å². The SMILES string of the molecule is CC(C)(C)[C@@]12CCC[C@@](O)(CC(=O)C1)C2. The van der Waals surface area contributed by atoms with E-state index < -0.39 is 5.60 Å². The molecule has 86 valence electrons. The van der Waals surface area contributed by atoms with Crippen LogP contribution in [0.25, 0.3) is 0 Å². The molecule has 2 saturated carbocycles. The van der Waals surface area contributed by atoms with E-state index in [4.69, 9.17) is 0 Å². The monoisotopic (exact) mass is 210 g/mol. The molecule has 0 heterocycles. The Bertz CT molecular complexity index is 289. The summed E-state index contributed by atoms with van der Waals surface area (Å²) in [7, 11) is 0. The van der Waals surface area contributed by atoms with Gasteiger partial charge in [0.2, 0.25) is 0 Å². The van der Waals surface area contributed by atoms with Crippen LogP contribution in [0.1, 0.15) is 59.3 Å². The van der Waals surface area contributed by atoms with Gasteiger partial charge in [0.05, 0.1) is 5.60 Å².